The monoisotopic (exact) mass is 314 g/mol. The smallest absolute Gasteiger partial charge is 0.209 e. The first-order chi connectivity index (χ1) is 11.7. The Hall–Kier alpha value is -3.45. The third kappa shape index (κ3) is 1.99. The molecule has 0 fully saturated rings. The number of nitrogens with two attached hydrogens (primary N) is 1. The summed E-state index contributed by atoms with van der Waals surface area (Å²) in [4.78, 5) is 0. The lowest BCUT2D eigenvalue weighted by Crippen LogP contribution is -1.93. The van der Waals surface area contributed by atoms with Crippen LogP contribution in [0.5, 0.6) is 5.75 Å². The van der Waals surface area contributed by atoms with Crippen molar-refractivity contribution >= 4 is 27.6 Å². The van der Waals surface area contributed by atoms with Gasteiger partial charge in [0.1, 0.15) is 23.0 Å². The number of phenolic OH excluding ortho intramolecular Hbond substituents is 1. The highest BCUT2D eigenvalue weighted by molar-refractivity contribution is 6.12. The highest BCUT2D eigenvalue weighted by atomic mass is 16.3. The lowest BCUT2D eigenvalue weighted by molar-refractivity contribution is 0.476. The highest BCUT2D eigenvalue weighted by Gasteiger charge is 2.22. The van der Waals surface area contributed by atoms with Crippen LogP contribution in [0.1, 0.15) is 16.7 Å². The maximum absolute atomic E-state index is 10.8. The normalized spacial score (nSPS) is 11.0. The van der Waals surface area contributed by atoms with Crippen molar-refractivity contribution in [2.75, 3.05) is 5.73 Å². The van der Waals surface area contributed by atoms with Crippen molar-refractivity contribution in [1.29, 1.82) is 5.26 Å². The topological polar surface area (TPSA) is 83.2 Å². The first-order valence-electron chi connectivity index (χ1n) is 7.59. The molecule has 0 unspecified atom stereocenters. The number of nitrogen functional groups attached to an aromatic ring is 1. The Labute approximate surface area is 138 Å². The van der Waals surface area contributed by atoms with Gasteiger partial charge in [0.2, 0.25) is 5.88 Å². The number of hydrogen-bond acceptors (Lipinski definition) is 4. The summed E-state index contributed by atoms with van der Waals surface area (Å²) in [6, 6.07) is 19.3. The van der Waals surface area contributed by atoms with E-state index < -0.39 is 0 Å². The number of nitriles is 1. The molecule has 4 rings (SSSR count). The van der Waals surface area contributed by atoms with Crippen LogP contribution >= 0.6 is 0 Å². The van der Waals surface area contributed by atoms with E-state index in [1.54, 1.807) is 0 Å². The second kappa shape index (κ2) is 5.32. The first-order valence-corrected chi connectivity index (χ1v) is 7.59. The summed E-state index contributed by atoms with van der Waals surface area (Å²) in [7, 11) is 0. The summed E-state index contributed by atoms with van der Waals surface area (Å²) in [6.45, 7) is 0. The van der Waals surface area contributed by atoms with Crippen LogP contribution in [0.3, 0.4) is 0 Å². The van der Waals surface area contributed by atoms with Crippen molar-refractivity contribution in [3.8, 4) is 11.8 Å². The lowest BCUT2D eigenvalue weighted by Gasteiger charge is -2.10. The zero-order valence-electron chi connectivity index (χ0n) is 12.8. The molecule has 1 aromatic heterocycles. The average molecular weight is 314 g/mol. The fraction of sp³-hybridized carbons (Fsp3) is 0.0500. The SMILES string of the molecule is N#Cc1c(N)oc2c1c(Cc1ccccc1)c(O)c1ccccc12. The van der Waals surface area contributed by atoms with E-state index in [-0.39, 0.29) is 17.2 Å². The quantitative estimate of drug-likeness (QED) is 0.576. The summed E-state index contributed by atoms with van der Waals surface area (Å²) in [5, 5.41) is 22.4. The number of furan rings is 1. The maximum atomic E-state index is 10.8. The molecule has 116 valence electrons. The van der Waals surface area contributed by atoms with Crippen molar-refractivity contribution in [2.24, 2.45) is 0 Å². The number of benzene rings is 3. The summed E-state index contributed by atoms with van der Waals surface area (Å²) in [5.41, 5.74) is 8.41. The maximum Gasteiger partial charge on any atom is 0.209 e. The molecule has 0 bridgehead atoms. The molecule has 4 aromatic rings. The van der Waals surface area contributed by atoms with E-state index in [4.69, 9.17) is 10.2 Å². The van der Waals surface area contributed by atoms with Gasteiger partial charge in [-0.25, -0.2) is 0 Å². The molecular formula is C20H14N2O2. The van der Waals surface area contributed by atoms with Gasteiger partial charge in [-0.1, -0.05) is 54.6 Å². The number of anilines is 1. The van der Waals surface area contributed by atoms with Gasteiger partial charge in [-0.3, -0.25) is 0 Å². The molecule has 1 heterocycles. The van der Waals surface area contributed by atoms with Gasteiger partial charge in [0, 0.05) is 28.1 Å². The van der Waals surface area contributed by atoms with E-state index >= 15 is 0 Å². The van der Waals surface area contributed by atoms with E-state index in [1.165, 1.54) is 0 Å². The predicted octanol–water partition coefficient (Wildman–Crippen LogP) is 4.34. The minimum Gasteiger partial charge on any atom is -0.507 e. The molecule has 0 aliphatic rings. The van der Waals surface area contributed by atoms with Crippen molar-refractivity contribution in [1.82, 2.24) is 0 Å². The van der Waals surface area contributed by atoms with Crippen molar-refractivity contribution < 1.29 is 9.52 Å². The van der Waals surface area contributed by atoms with Crippen molar-refractivity contribution in [2.45, 2.75) is 6.42 Å². The number of rotatable bonds is 2. The number of fused-ring (bicyclic) bond motifs is 3. The fourth-order valence-electron chi connectivity index (χ4n) is 3.18. The lowest BCUT2D eigenvalue weighted by atomic mass is 9.94. The molecule has 0 saturated carbocycles. The molecule has 4 heteroatoms. The Balaban J connectivity index is 2.13. The Morgan fingerprint density at radius 3 is 2.38 bits per heavy atom. The molecule has 4 nitrogen and oxygen atoms in total. The Morgan fingerprint density at radius 2 is 1.67 bits per heavy atom. The second-order valence-electron chi connectivity index (χ2n) is 5.69. The minimum atomic E-state index is 0.0811. The fourth-order valence-corrected chi connectivity index (χ4v) is 3.18. The van der Waals surface area contributed by atoms with Crippen LogP contribution < -0.4 is 5.73 Å². The van der Waals surface area contributed by atoms with Crippen LogP contribution in [-0.2, 0) is 6.42 Å². The van der Waals surface area contributed by atoms with Gasteiger partial charge in [0.05, 0.1) is 0 Å². The van der Waals surface area contributed by atoms with E-state index in [0.717, 1.165) is 10.9 Å². The standard InChI is InChI=1S/C20H14N2O2/c21-11-16-17-15(10-12-6-2-1-3-7-12)18(23)13-8-4-5-9-14(13)19(17)24-20(16)22/h1-9,23H,10,22H2. The number of aromatic hydroxyl groups is 1. The van der Waals surface area contributed by atoms with Gasteiger partial charge in [-0.05, 0) is 5.56 Å². The van der Waals surface area contributed by atoms with Gasteiger partial charge in [0.15, 0.2) is 0 Å². The zero-order chi connectivity index (χ0) is 16.7. The summed E-state index contributed by atoms with van der Waals surface area (Å²) in [5.74, 6) is 0.247. The molecule has 3 N–H and O–H groups in total. The summed E-state index contributed by atoms with van der Waals surface area (Å²) in [6.07, 6.45) is 0.488. The number of hydrogen-bond donors (Lipinski definition) is 2. The van der Waals surface area contributed by atoms with Gasteiger partial charge in [-0.15, -0.1) is 0 Å². The Kier molecular flexibility index (Phi) is 3.14. The van der Waals surface area contributed by atoms with Gasteiger partial charge >= 0.3 is 0 Å². The van der Waals surface area contributed by atoms with E-state index in [9.17, 15) is 10.4 Å². The van der Waals surface area contributed by atoms with E-state index in [2.05, 4.69) is 6.07 Å². The van der Waals surface area contributed by atoms with Crippen LogP contribution in [0.25, 0.3) is 21.7 Å². The molecular weight excluding hydrogens is 300 g/mol. The van der Waals surface area contributed by atoms with Crippen LogP contribution in [0.4, 0.5) is 5.88 Å². The Morgan fingerprint density at radius 1 is 1.00 bits per heavy atom. The molecule has 0 radical (unpaired) electrons. The molecule has 3 aromatic carbocycles. The molecule has 24 heavy (non-hydrogen) atoms. The van der Waals surface area contributed by atoms with Crippen LogP contribution in [0.2, 0.25) is 0 Å². The van der Waals surface area contributed by atoms with Crippen LogP contribution in [0.15, 0.2) is 59.0 Å². The predicted molar refractivity (Wildman–Crippen MR) is 93.8 cm³/mol. The second-order valence-corrected chi connectivity index (χ2v) is 5.69. The average Bonchev–Trinajstić information content (AvgIpc) is 2.96. The Bertz CT molecular complexity index is 1110. The van der Waals surface area contributed by atoms with Gasteiger partial charge in [-0.2, -0.15) is 5.26 Å². The number of phenols is 1. The summed E-state index contributed by atoms with van der Waals surface area (Å²) < 4.78 is 5.68. The first kappa shape index (κ1) is 14.2. The highest BCUT2D eigenvalue weighted by Crippen LogP contribution is 2.42. The van der Waals surface area contributed by atoms with Gasteiger partial charge in [0.25, 0.3) is 0 Å². The summed E-state index contributed by atoms with van der Waals surface area (Å²) >= 11 is 0. The molecule has 0 spiro atoms. The third-order valence-electron chi connectivity index (χ3n) is 4.29. The van der Waals surface area contributed by atoms with Crippen molar-refractivity contribution in [3.05, 3.63) is 71.3 Å². The van der Waals surface area contributed by atoms with Gasteiger partial charge < -0.3 is 15.3 Å². The van der Waals surface area contributed by atoms with Crippen LogP contribution in [0, 0.1) is 11.3 Å². The van der Waals surface area contributed by atoms with Crippen LogP contribution in [-0.4, -0.2) is 5.11 Å². The van der Waals surface area contributed by atoms with E-state index in [0.29, 0.717) is 28.3 Å². The number of nitrogens with zero attached hydrogens (tertiary/aromatic N) is 1. The minimum absolute atomic E-state index is 0.0811. The third-order valence-corrected chi connectivity index (χ3v) is 4.29. The van der Waals surface area contributed by atoms with Crippen molar-refractivity contribution in [3.63, 3.8) is 0 Å². The van der Waals surface area contributed by atoms with E-state index in [1.807, 2.05) is 54.6 Å². The molecule has 0 atom stereocenters. The molecule has 0 aliphatic carbocycles. The molecule has 0 amide bonds. The molecule has 0 aliphatic heterocycles. The molecule has 0 saturated heterocycles. The zero-order valence-corrected chi connectivity index (χ0v) is 12.8. The largest absolute Gasteiger partial charge is 0.507 e.